The molecule has 3 rings (SSSR count). The number of rotatable bonds is 6. The Labute approximate surface area is 159 Å². The summed E-state index contributed by atoms with van der Waals surface area (Å²) in [5.41, 5.74) is 3.24. The lowest BCUT2D eigenvalue weighted by molar-refractivity contribution is -0.118. The first-order valence-electron chi connectivity index (χ1n) is 7.73. The Morgan fingerprint density at radius 3 is 2.68 bits per heavy atom. The number of aromatic nitrogens is 2. The van der Waals surface area contributed by atoms with E-state index in [1.807, 2.05) is 61.5 Å². The van der Waals surface area contributed by atoms with E-state index < -0.39 is 0 Å². The maximum atomic E-state index is 12.1. The third-order valence-corrected chi connectivity index (χ3v) is 5.96. The van der Waals surface area contributed by atoms with Crippen molar-refractivity contribution in [3.05, 3.63) is 69.7 Å². The van der Waals surface area contributed by atoms with Gasteiger partial charge in [-0.15, -0.1) is 5.10 Å². The van der Waals surface area contributed by atoms with Gasteiger partial charge >= 0.3 is 0 Å². The minimum atomic E-state index is -0.0133. The van der Waals surface area contributed by atoms with Gasteiger partial charge in [-0.1, -0.05) is 65.6 Å². The van der Waals surface area contributed by atoms with Crippen molar-refractivity contribution < 1.29 is 4.79 Å². The number of benzene rings is 2. The second-order valence-electron chi connectivity index (χ2n) is 5.37. The minimum absolute atomic E-state index is 0.0133. The number of hydrogen-bond donors (Lipinski definition) is 1. The number of carbonyl (C=O) groups excluding carboxylic acids is 1. The van der Waals surface area contributed by atoms with Gasteiger partial charge in [0.25, 0.3) is 0 Å². The first-order valence-corrected chi connectivity index (χ1v) is 9.94. The molecule has 1 amide bonds. The van der Waals surface area contributed by atoms with Gasteiger partial charge in [0.05, 0.1) is 11.4 Å². The number of hydrogen-bond acceptors (Lipinski definition) is 5. The number of para-hydroxylation sites is 1. The van der Waals surface area contributed by atoms with Crippen LogP contribution in [0, 0.1) is 10.9 Å². The molecule has 1 aromatic heterocycles. The molecule has 0 fully saturated rings. The van der Waals surface area contributed by atoms with Crippen LogP contribution in [0.1, 0.15) is 11.1 Å². The molecule has 1 heterocycles. The maximum absolute atomic E-state index is 12.1. The molecule has 1 N–H and O–H groups in total. The van der Waals surface area contributed by atoms with Crippen LogP contribution in [0.2, 0.25) is 0 Å². The Kier molecular flexibility index (Phi) is 6.01. The molecule has 7 heteroatoms. The van der Waals surface area contributed by atoms with E-state index in [-0.39, 0.29) is 5.91 Å². The Bertz CT molecular complexity index is 919. The van der Waals surface area contributed by atoms with Gasteiger partial charge in [-0.2, -0.15) is 0 Å². The molecular formula is C18H17N3OS3. The molecule has 25 heavy (non-hydrogen) atoms. The second-order valence-corrected chi connectivity index (χ2v) is 8.22. The molecule has 0 aliphatic carbocycles. The molecule has 2 aromatic carbocycles. The molecule has 4 nitrogen and oxygen atoms in total. The molecule has 0 aliphatic heterocycles. The zero-order valence-corrected chi connectivity index (χ0v) is 16.1. The lowest BCUT2D eigenvalue weighted by atomic mass is 10.1. The first kappa shape index (κ1) is 17.8. The van der Waals surface area contributed by atoms with E-state index >= 15 is 0 Å². The zero-order valence-electron chi connectivity index (χ0n) is 13.6. The molecule has 0 saturated carbocycles. The zero-order chi connectivity index (χ0) is 17.6. The van der Waals surface area contributed by atoms with Crippen molar-refractivity contribution in [1.29, 1.82) is 0 Å². The third-order valence-electron chi connectivity index (χ3n) is 3.59. The van der Waals surface area contributed by atoms with Crippen molar-refractivity contribution in [2.45, 2.75) is 17.8 Å². The molecule has 0 atom stereocenters. The van der Waals surface area contributed by atoms with Crippen molar-refractivity contribution in [3.8, 4) is 5.69 Å². The second kappa shape index (κ2) is 8.42. The topological polar surface area (TPSA) is 46.9 Å². The Morgan fingerprint density at radius 2 is 1.92 bits per heavy atom. The lowest BCUT2D eigenvalue weighted by Crippen LogP contribution is -2.24. The average molecular weight is 388 g/mol. The van der Waals surface area contributed by atoms with E-state index in [2.05, 4.69) is 10.4 Å². The summed E-state index contributed by atoms with van der Waals surface area (Å²) in [7, 11) is 0. The average Bonchev–Trinajstić information content (AvgIpc) is 3.01. The van der Waals surface area contributed by atoms with Crippen LogP contribution >= 0.6 is 35.3 Å². The molecule has 0 radical (unpaired) electrons. The van der Waals surface area contributed by atoms with Crippen molar-refractivity contribution >= 4 is 41.2 Å². The van der Waals surface area contributed by atoms with Crippen LogP contribution in [-0.2, 0) is 11.3 Å². The van der Waals surface area contributed by atoms with E-state index in [4.69, 9.17) is 12.2 Å². The quantitative estimate of drug-likeness (QED) is 0.504. The number of carbonyl (C=O) groups is 1. The molecule has 0 bridgehead atoms. The van der Waals surface area contributed by atoms with Gasteiger partial charge in [-0.05, 0) is 42.4 Å². The van der Waals surface area contributed by atoms with Crippen molar-refractivity contribution in [3.63, 3.8) is 0 Å². The van der Waals surface area contributed by atoms with Crippen LogP contribution in [0.4, 0.5) is 0 Å². The molecule has 0 unspecified atom stereocenters. The van der Waals surface area contributed by atoms with Crippen LogP contribution in [0.15, 0.2) is 58.9 Å². The normalized spacial score (nSPS) is 10.6. The van der Waals surface area contributed by atoms with E-state index in [9.17, 15) is 4.79 Å². The van der Waals surface area contributed by atoms with Gasteiger partial charge in [0.2, 0.25) is 5.91 Å². The predicted molar refractivity (Wildman–Crippen MR) is 106 cm³/mol. The van der Waals surface area contributed by atoms with E-state index in [0.717, 1.165) is 15.6 Å². The highest BCUT2D eigenvalue weighted by Crippen LogP contribution is 2.23. The van der Waals surface area contributed by atoms with Gasteiger partial charge in [0, 0.05) is 6.54 Å². The highest BCUT2D eigenvalue weighted by molar-refractivity contribution is 8.01. The Hall–Kier alpha value is -1.96. The summed E-state index contributed by atoms with van der Waals surface area (Å²) in [4.78, 5) is 12.1. The van der Waals surface area contributed by atoms with Crippen molar-refractivity contribution in [1.82, 2.24) is 15.1 Å². The van der Waals surface area contributed by atoms with Crippen molar-refractivity contribution in [2.75, 3.05) is 5.75 Å². The summed E-state index contributed by atoms with van der Waals surface area (Å²) >= 11 is 8.19. The van der Waals surface area contributed by atoms with Crippen LogP contribution in [0.25, 0.3) is 5.69 Å². The fraction of sp³-hybridized carbons (Fsp3) is 0.167. The number of nitrogens with zero attached hydrogens (tertiary/aromatic N) is 2. The van der Waals surface area contributed by atoms with E-state index in [1.165, 1.54) is 28.7 Å². The van der Waals surface area contributed by atoms with Gasteiger partial charge < -0.3 is 5.32 Å². The molecule has 0 saturated heterocycles. The molecule has 128 valence electrons. The monoisotopic (exact) mass is 387 g/mol. The number of nitrogens with one attached hydrogen (secondary N) is 1. The minimum Gasteiger partial charge on any atom is -0.351 e. The SMILES string of the molecule is Cc1ccccc1CNC(=O)CSc1nn(-c2ccccc2)c(=S)s1. The van der Waals surface area contributed by atoms with Crippen molar-refractivity contribution in [2.24, 2.45) is 0 Å². The fourth-order valence-corrected chi connectivity index (χ4v) is 4.42. The van der Waals surface area contributed by atoms with Gasteiger partial charge in [-0.25, -0.2) is 4.68 Å². The summed E-state index contributed by atoms with van der Waals surface area (Å²) in [6.07, 6.45) is 0. The largest absolute Gasteiger partial charge is 0.351 e. The number of thioether (sulfide) groups is 1. The van der Waals surface area contributed by atoms with E-state index in [1.54, 1.807) is 4.68 Å². The highest BCUT2D eigenvalue weighted by atomic mass is 32.2. The summed E-state index contributed by atoms with van der Waals surface area (Å²) < 4.78 is 3.20. The number of aryl methyl sites for hydroxylation is 1. The predicted octanol–water partition coefficient (Wildman–Crippen LogP) is 4.38. The smallest absolute Gasteiger partial charge is 0.230 e. The summed E-state index contributed by atoms with van der Waals surface area (Å²) in [5.74, 6) is 0.309. The lowest BCUT2D eigenvalue weighted by Gasteiger charge is -2.07. The van der Waals surface area contributed by atoms with Gasteiger partial charge in [0.15, 0.2) is 8.29 Å². The van der Waals surface area contributed by atoms with Crippen LogP contribution < -0.4 is 5.32 Å². The highest BCUT2D eigenvalue weighted by Gasteiger charge is 2.09. The molecular weight excluding hydrogens is 370 g/mol. The van der Waals surface area contributed by atoms with Gasteiger partial charge in [-0.3, -0.25) is 4.79 Å². The third kappa shape index (κ3) is 4.78. The molecule has 3 aromatic rings. The van der Waals surface area contributed by atoms with Crippen LogP contribution in [-0.4, -0.2) is 21.4 Å². The van der Waals surface area contributed by atoms with Crippen LogP contribution in [0.5, 0.6) is 0 Å². The standard InChI is InChI=1S/C18H17N3OS3/c1-13-7-5-6-8-14(13)11-19-16(22)12-24-17-20-21(18(23)25-17)15-9-3-2-4-10-15/h2-10H,11-12H2,1H3,(H,19,22). The Balaban J connectivity index is 1.56. The first-order chi connectivity index (χ1) is 12.1. The number of amides is 1. The summed E-state index contributed by atoms with van der Waals surface area (Å²) in [6, 6.07) is 17.8. The van der Waals surface area contributed by atoms with Crippen LogP contribution in [0.3, 0.4) is 0 Å². The van der Waals surface area contributed by atoms with E-state index in [0.29, 0.717) is 16.3 Å². The maximum Gasteiger partial charge on any atom is 0.230 e. The molecule has 0 aliphatic rings. The summed E-state index contributed by atoms with van der Waals surface area (Å²) in [6.45, 7) is 2.58. The Morgan fingerprint density at radius 1 is 1.20 bits per heavy atom. The molecule has 0 spiro atoms. The summed E-state index contributed by atoms with van der Waals surface area (Å²) in [5, 5.41) is 7.45. The fourth-order valence-electron chi connectivity index (χ4n) is 2.23. The van der Waals surface area contributed by atoms with Gasteiger partial charge in [0.1, 0.15) is 0 Å².